The molecular weight excluding hydrogens is 340 g/mol. The highest BCUT2D eigenvalue weighted by Crippen LogP contribution is 2.39. The van der Waals surface area contributed by atoms with E-state index in [1.54, 1.807) is 5.19 Å². The third-order valence-electron chi connectivity index (χ3n) is 6.14. The third kappa shape index (κ3) is 3.19. The Morgan fingerprint density at radius 1 is 0.926 bits per heavy atom. The molecule has 1 aliphatic carbocycles. The van der Waals surface area contributed by atoms with Crippen LogP contribution < -0.4 is 5.19 Å². The molecule has 0 heterocycles. The molecule has 1 unspecified atom stereocenters. The molecule has 27 heavy (non-hydrogen) atoms. The van der Waals surface area contributed by atoms with Crippen LogP contribution in [0.4, 0.5) is 0 Å². The highest BCUT2D eigenvalue weighted by molar-refractivity contribution is 6.93. The van der Waals surface area contributed by atoms with Crippen LogP contribution in [-0.2, 0) is 6.42 Å². The van der Waals surface area contributed by atoms with Crippen molar-refractivity contribution in [3.05, 3.63) is 95.4 Å². The molecule has 1 atom stereocenters. The fourth-order valence-electron chi connectivity index (χ4n) is 4.47. The van der Waals surface area contributed by atoms with Crippen molar-refractivity contribution in [1.82, 2.24) is 0 Å². The highest BCUT2D eigenvalue weighted by Gasteiger charge is 2.37. The van der Waals surface area contributed by atoms with Gasteiger partial charge in [0.25, 0.3) is 0 Å². The third-order valence-corrected chi connectivity index (χ3v) is 9.98. The number of aryl methyl sites for hydroxylation is 1. The topological polar surface area (TPSA) is 0 Å². The Kier molecular flexibility index (Phi) is 4.82. The molecule has 3 aromatic carbocycles. The predicted octanol–water partition coefficient (Wildman–Crippen LogP) is 6.34. The monoisotopic (exact) mass is 368 g/mol. The molecule has 1 aliphatic rings. The first-order chi connectivity index (χ1) is 13.0. The Labute approximate surface area is 165 Å². The molecule has 0 N–H and O–H groups in total. The molecule has 0 saturated heterocycles. The number of hydrogen-bond acceptors (Lipinski definition) is 0. The van der Waals surface area contributed by atoms with Crippen LogP contribution in [0.3, 0.4) is 0 Å². The van der Waals surface area contributed by atoms with E-state index in [1.807, 2.05) is 0 Å². The zero-order chi connectivity index (χ0) is 19.0. The van der Waals surface area contributed by atoms with E-state index in [2.05, 4.69) is 100 Å². The number of fused-ring (bicyclic) bond motifs is 2. The van der Waals surface area contributed by atoms with Gasteiger partial charge in [-0.1, -0.05) is 98.4 Å². The van der Waals surface area contributed by atoms with E-state index in [0.717, 1.165) is 12.8 Å². The average molecular weight is 369 g/mol. The van der Waals surface area contributed by atoms with Crippen molar-refractivity contribution in [2.24, 2.45) is 0 Å². The quantitative estimate of drug-likeness (QED) is 0.471. The SMILES string of the molecule is CCC1=CC([Si](C)(C)c2cc(CC)[c]c3ccccc23)c2ccccc2[CH]1. The van der Waals surface area contributed by atoms with Crippen molar-refractivity contribution in [1.29, 1.82) is 0 Å². The molecule has 1 heteroatoms. The van der Waals surface area contributed by atoms with Crippen LogP contribution in [0.15, 0.2) is 66.2 Å². The van der Waals surface area contributed by atoms with Crippen molar-refractivity contribution >= 4 is 24.0 Å². The first kappa shape index (κ1) is 18.2. The van der Waals surface area contributed by atoms with Gasteiger partial charge in [-0.2, -0.15) is 0 Å². The molecule has 0 nitrogen and oxygen atoms in total. The summed E-state index contributed by atoms with van der Waals surface area (Å²) in [7, 11) is -1.82. The highest BCUT2D eigenvalue weighted by atomic mass is 28.3. The fraction of sp³-hybridized carbons (Fsp3) is 0.269. The van der Waals surface area contributed by atoms with Crippen LogP contribution in [0.2, 0.25) is 13.1 Å². The summed E-state index contributed by atoms with van der Waals surface area (Å²) >= 11 is 0. The summed E-state index contributed by atoms with van der Waals surface area (Å²) in [5.41, 5.74) is 6.22. The minimum Gasteiger partial charge on any atom is -0.0795 e. The number of allylic oxidation sites excluding steroid dienone is 2. The van der Waals surface area contributed by atoms with Gasteiger partial charge in [-0.05, 0) is 46.4 Å². The smallest absolute Gasteiger partial charge is 0.0795 e. The van der Waals surface area contributed by atoms with Crippen molar-refractivity contribution in [3.63, 3.8) is 0 Å². The zero-order valence-electron chi connectivity index (χ0n) is 16.8. The van der Waals surface area contributed by atoms with Gasteiger partial charge in [0.1, 0.15) is 0 Å². The molecule has 136 valence electrons. The van der Waals surface area contributed by atoms with E-state index >= 15 is 0 Å². The second kappa shape index (κ2) is 7.13. The first-order valence-electron chi connectivity index (χ1n) is 10.1. The Bertz CT molecular complexity index is 1010. The van der Waals surface area contributed by atoms with Crippen LogP contribution in [0.25, 0.3) is 10.8 Å². The minimum atomic E-state index is -1.82. The van der Waals surface area contributed by atoms with E-state index in [-0.39, 0.29) is 0 Å². The van der Waals surface area contributed by atoms with Gasteiger partial charge in [0.05, 0.1) is 8.07 Å². The lowest BCUT2D eigenvalue weighted by Gasteiger charge is -2.37. The summed E-state index contributed by atoms with van der Waals surface area (Å²) in [4.78, 5) is 0. The summed E-state index contributed by atoms with van der Waals surface area (Å²) in [5.74, 6) is 0. The Balaban J connectivity index is 1.94. The predicted molar refractivity (Wildman–Crippen MR) is 120 cm³/mol. The van der Waals surface area contributed by atoms with Crippen LogP contribution in [0.5, 0.6) is 0 Å². The van der Waals surface area contributed by atoms with Crippen LogP contribution in [0, 0.1) is 12.5 Å². The summed E-state index contributed by atoms with van der Waals surface area (Å²) < 4.78 is 0. The van der Waals surface area contributed by atoms with E-state index in [9.17, 15) is 0 Å². The molecular formula is C26H28Si. The van der Waals surface area contributed by atoms with Crippen LogP contribution in [0.1, 0.15) is 42.5 Å². The van der Waals surface area contributed by atoms with Gasteiger partial charge in [-0.25, -0.2) is 0 Å². The molecule has 0 aliphatic heterocycles. The van der Waals surface area contributed by atoms with Crippen molar-refractivity contribution in [3.8, 4) is 0 Å². The number of benzene rings is 3. The van der Waals surface area contributed by atoms with Gasteiger partial charge in [0.2, 0.25) is 0 Å². The van der Waals surface area contributed by atoms with Gasteiger partial charge in [0, 0.05) is 12.0 Å². The molecule has 0 spiro atoms. The molecule has 0 fully saturated rings. The summed E-state index contributed by atoms with van der Waals surface area (Å²) in [6.07, 6.45) is 7.07. The maximum Gasteiger partial charge on any atom is 0.0927 e. The molecule has 4 rings (SSSR count). The molecule has 3 aromatic rings. The second-order valence-electron chi connectivity index (χ2n) is 8.18. The van der Waals surface area contributed by atoms with Gasteiger partial charge in [-0.3, -0.25) is 0 Å². The maximum atomic E-state index is 3.63. The molecule has 0 bridgehead atoms. The zero-order valence-corrected chi connectivity index (χ0v) is 17.8. The maximum absolute atomic E-state index is 3.63. The van der Waals surface area contributed by atoms with Crippen LogP contribution >= 0.6 is 0 Å². The largest absolute Gasteiger partial charge is 0.0927 e. The summed E-state index contributed by atoms with van der Waals surface area (Å²) in [6.45, 7) is 9.60. The van der Waals surface area contributed by atoms with E-state index in [0.29, 0.717) is 5.54 Å². The lowest BCUT2D eigenvalue weighted by molar-refractivity contribution is 1.00. The van der Waals surface area contributed by atoms with Crippen molar-refractivity contribution in [2.45, 2.75) is 45.3 Å². The Morgan fingerprint density at radius 3 is 2.44 bits per heavy atom. The fourth-order valence-corrected chi connectivity index (χ4v) is 7.94. The summed E-state index contributed by atoms with van der Waals surface area (Å²) in [5, 5.41) is 4.23. The summed E-state index contributed by atoms with van der Waals surface area (Å²) in [6, 6.07) is 23.9. The van der Waals surface area contributed by atoms with Gasteiger partial charge >= 0.3 is 0 Å². The standard InChI is InChI=1S/C26H28Si/c1-5-19-15-21-11-7-9-13-23(21)25(17-19)27(3,4)26-18-20(6-2)16-22-12-8-10-14-24(22)26/h7-15,17-18,25H,5-6H2,1-4H3. The van der Waals surface area contributed by atoms with E-state index < -0.39 is 8.07 Å². The first-order valence-corrected chi connectivity index (χ1v) is 13.2. The van der Waals surface area contributed by atoms with Gasteiger partial charge in [-0.15, -0.1) is 0 Å². The van der Waals surface area contributed by atoms with Crippen LogP contribution in [-0.4, -0.2) is 8.07 Å². The Hall–Kier alpha value is -2.12. The minimum absolute atomic E-state index is 0.504. The lowest BCUT2D eigenvalue weighted by Crippen LogP contribution is -2.48. The van der Waals surface area contributed by atoms with Gasteiger partial charge < -0.3 is 0 Å². The van der Waals surface area contributed by atoms with E-state index in [1.165, 1.54) is 33.0 Å². The molecule has 0 aromatic heterocycles. The van der Waals surface area contributed by atoms with E-state index in [4.69, 9.17) is 0 Å². The van der Waals surface area contributed by atoms with Gasteiger partial charge in [0.15, 0.2) is 0 Å². The van der Waals surface area contributed by atoms with Crippen molar-refractivity contribution in [2.75, 3.05) is 0 Å². The number of hydrogen-bond donors (Lipinski definition) is 0. The molecule has 0 saturated carbocycles. The van der Waals surface area contributed by atoms with Crippen molar-refractivity contribution < 1.29 is 0 Å². The normalized spacial score (nSPS) is 16.9. The average Bonchev–Trinajstić information content (AvgIpc) is 2.71. The lowest BCUT2D eigenvalue weighted by atomic mass is 9.90. The number of rotatable bonds is 4. The second-order valence-corrected chi connectivity index (χ2v) is 12.8. The molecule has 0 amide bonds. The molecule has 2 radical (unpaired) electrons. The Morgan fingerprint density at radius 2 is 1.67 bits per heavy atom.